The Morgan fingerprint density at radius 3 is 3.16 bits per heavy atom. The minimum absolute atomic E-state index is 0.0921. The van der Waals surface area contributed by atoms with Gasteiger partial charge in [-0.3, -0.25) is 9.48 Å². The van der Waals surface area contributed by atoms with Crippen molar-refractivity contribution in [2.75, 3.05) is 33.4 Å². The van der Waals surface area contributed by atoms with Gasteiger partial charge in [0.1, 0.15) is 6.54 Å². The SMILES string of the molecule is COCCN(CC1CCCN1)C(=O)Cn1cccn1. The smallest absolute Gasteiger partial charge is 0.244 e. The molecular weight excluding hydrogens is 244 g/mol. The number of hydrogen-bond donors (Lipinski definition) is 1. The van der Waals surface area contributed by atoms with Gasteiger partial charge in [0.15, 0.2) is 0 Å². The van der Waals surface area contributed by atoms with Crippen LogP contribution in [0, 0.1) is 0 Å². The lowest BCUT2D eigenvalue weighted by Gasteiger charge is -2.25. The average molecular weight is 266 g/mol. The van der Waals surface area contributed by atoms with Crippen LogP contribution in [-0.4, -0.2) is 60.0 Å². The Balaban J connectivity index is 1.88. The number of carbonyl (C=O) groups excluding carboxylic acids is 1. The number of rotatable bonds is 7. The van der Waals surface area contributed by atoms with Gasteiger partial charge in [-0.25, -0.2) is 0 Å². The molecule has 0 spiro atoms. The zero-order chi connectivity index (χ0) is 13.5. The van der Waals surface area contributed by atoms with Crippen molar-refractivity contribution in [3.8, 4) is 0 Å². The molecule has 1 aliphatic rings. The van der Waals surface area contributed by atoms with E-state index in [-0.39, 0.29) is 5.91 Å². The largest absolute Gasteiger partial charge is 0.383 e. The highest BCUT2D eigenvalue weighted by Gasteiger charge is 2.21. The zero-order valence-corrected chi connectivity index (χ0v) is 11.4. The molecule has 19 heavy (non-hydrogen) atoms. The summed E-state index contributed by atoms with van der Waals surface area (Å²) in [5, 5.41) is 7.49. The van der Waals surface area contributed by atoms with Crippen molar-refractivity contribution in [2.24, 2.45) is 0 Å². The third-order valence-electron chi connectivity index (χ3n) is 3.38. The lowest BCUT2D eigenvalue weighted by molar-refractivity contribution is -0.133. The predicted molar refractivity (Wildman–Crippen MR) is 71.7 cm³/mol. The monoisotopic (exact) mass is 266 g/mol. The maximum Gasteiger partial charge on any atom is 0.244 e. The molecule has 1 atom stereocenters. The van der Waals surface area contributed by atoms with E-state index >= 15 is 0 Å². The van der Waals surface area contributed by atoms with Crippen molar-refractivity contribution in [3.63, 3.8) is 0 Å². The zero-order valence-electron chi connectivity index (χ0n) is 11.4. The number of nitrogens with zero attached hydrogens (tertiary/aromatic N) is 3. The Kier molecular flexibility index (Phi) is 5.35. The molecular formula is C13H22N4O2. The van der Waals surface area contributed by atoms with Crippen LogP contribution < -0.4 is 5.32 Å². The molecule has 1 amide bonds. The predicted octanol–water partition coefficient (Wildman–Crippen LogP) is 0.110. The van der Waals surface area contributed by atoms with Crippen molar-refractivity contribution < 1.29 is 9.53 Å². The van der Waals surface area contributed by atoms with E-state index in [1.54, 1.807) is 24.2 Å². The molecule has 0 bridgehead atoms. The van der Waals surface area contributed by atoms with Gasteiger partial charge in [0.05, 0.1) is 6.61 Å². The molecule has 2 heterocycles. The van der Waals surface area contributed by atoms with E-state index in [2.05, 4.69) is 10.4 Å². The number of methoxy groups -OCH3 is 1. The molecule has 1 aliphatic heterocycles. The molecule has 1 N–H and O–H groups in total. The van der Waals surface area contributed by atoms with Crippen LogP contribution in [0.2, 0.25) is 0 Å². The number of aromatic nitrogens is 2. The van der Waals surface area contributed by atoms with Crippen molar-refractivity contribution in [2.45, 2.75) is 25.4 Å². The summed E-state index contributed by atoms with van der Waals surface area (Å²) in [6, 6.07) is 2.24. The molecule has 6 nitrogen and oxygen atoms in total. The van der Waals surface area contributed by atoms with E-state index in [9.17, 15) is 4.79 Å². The number of hydrogen-bond acceptors (Lipinski definition) is 4. The molecule has 106 valence electrons. The first kappa shape index (κ1) is 14.0. The van der Waals surface area contributed by atoms with Crippen LogP contribution in [0.15, 0.2) is 18.5 Å². The van der Waals surface area contributed by atoms with Crippen LogP contribution in [0.1, 0.15) is 12.8 Å². The first-order chi connectivity index (χ1) is 9.29. The highest BCUT2D eigenvalue weighted by Crippen LogP contribution is 2.07. The van der Waals surface area contributed by atoms with E-state index in [0.717, 1.165) is 19.5 Å². The molecule has 1 aromatic heterocycles. The maximum absolute atomic E-state index is 12.3. The van der Waals surface area contributed by atoms with Gasteiger partial charge in [0.25, 0.3) is 0 Å². The van der Waals surface area contributed by atoms with Crippen molar-refractivity contribution >= 4 is 5.91 Å². The fourth-order valence-corrected chi connectivity index (χ4v) is 2.33. The first-order valence-corrected chi connectivity index (χ1v) is 6.77. The normalized spacial score (nSPS) is 18.7. The molecule has 1 aromatic rings. The molecule has 2 rings (SSSR count). The van der Waals surface area contributed by atoms with Crippen molar-refractivity contribution in [3.05, 3.63) is 18.5 Å². The minimum Gasteiger partial charge on any atom is -0.383 e. The maximum atomic E-state index is 12.3. The fourth-order valence-electron chi connectivity index (χ4n) is 2.33. The van der Waals surface area contributed by atoms with Gasteiger partial charge in [0.2, 0.25) is 5.91 Å². The molecule has 0 saturated carbocycles. The average Bonchev–Trinajstić information content (AvgIpc) is 3.07. The molecule has 0 aliphatic carbocycles. The van der Waals surface area contributed by atoms with Gasteiger partial charge in [0, 0.05) is 38.6 Å². The Labute approximate surface area is 113 Å². The quantitative estimate of drug-likeness (QED) is 0.761. The Bertz CT molecular complexity index is 374. The van der Waals surface area contributed by atoms with E-state index < -0.39 is 0 Å². The van der Waals surface area contributed by atoms with Gasteiger partial charge in [-0.2, -0.15) is 5.10 Å². The van der Waals surface area contributed by atoms with E-state index in [4.69, 9.17) is 4.74 Å². The summed E-state index contributed by atoms with van der Waals surface area (Å²) in [5.41, 5.74) is 0. The highest BCUT2D eigenvalue weighted by atomic mass is 16.5. The number of carbonyl (C=O) groups is 1. The van der Waals surface area contributed by atoms with Gasteiger partial charge < -0.3 is 15.0 Å². The van der Waals surface area contributed by atoms with Crippen LogP contribution >= 0.6 is 0 Å². The summed E-state index contributed by atoms with van der Waals surface area (Å²) in [6.45, 7) is 3.30. The second-order valence-corrected chi connectivity index (χ2v) is 4.83. The van der Waals surface area contributed by atoms with Gasteiger partial charge in [-0.15, -0.1) is 0 Å². The third kappa shape index (κ3) is 4.33. The van der Waals surface area contributed by atoms with Crippen LogP contribution in [0.4, 0.5) is 0 Å². The molecule has 6 heteroatoms. The van der Waals surface area contributed by atoms with Crippen molar-refractivity contribution in [1.82, 2.24) is 20.0 Å². The number of ether oxygens (including phenoxy) is 1. The summed E-state index contributed by atoms with van der Waals surface area (Å²) in [7, 11) is 1.66. The van der Waals surface area contributed by atoms with Crippen LogP contribution in [0.3, 0.4) is 0 Å². The highest BCUT2D eigenvalue weighted by molar-refractivity contribution is 5.75. The Morgan fingerprint density at radius 2 is 2.53 bits per heavy atom. The van der Waals surface area contributed by atoms with E-state index in [1.807, 2.05) is 11.0 Å². The van der Waals surface area contributed by atoms with Crippen LogP contribution in [0.25, 0.3) is 0 Å². The molecule has 0 aromatic carbocycles. The Morgan fingerprint density at radius 1 is 1.63 bits per heavy atom. The van der Waals surface area contributed by atoms with Crippen LogP contribution in [0.5, 0.6) is 0 Å². The Hall–Kier alpha value is -1.40. The number of amides is 1. The third-order valence-corrected chi connectivity index (χ3v) is 3.38. The molecule has 1 saturated heterocycles. The summed E-state index contributed by atoms with van der Waals surface area (Å²) >= 11 is 0. The second kappa shape index (κ2) is 7.25. The standard InChI is InChI=1S/C13H22N4O2/c1-19-9-8-16(10-12-4-2-5-14-12)13(18)11-17-7-3-6-15-17/h3,6-7,12,14H,2,4-5,8-11H2,1H3. The first-order valence-electron chi connectivity index (χ1n) is 6.77. The van der Waals surface area contributed by atoms with Gasteiger partial charge >= 0.3 is 0 Å². The lowest BCUT2D eigenvalue weighted by Crippen LogP contribution is -2.44. The number of nitrogens with one attached hydrogen (secondary N) is 1. The molecule has 0 radical (unpaired) electrons. The summed E-state index contributed by atoms with van der Waals surface area (Å²) in [4.78, 5) is 14.2. The van der Waals surface area contributed by atoms with Gasteiger partial charge in [-0.1, -0.05) is 0 Å². The topological polar surface area (TPSA) is 59.4 Å². The minimum atomic E-state index is 0.0921. The molecule has 1 fully saturated rings. The van der Waals surface area contributed by atoms with E-state index in [0.29, 0.717) is 25.7 Å². The summed E-state index contributed by atoms with van der Waals surface area (Å²) in [6.07, 6.45) is 5.82. The summed E-state index contributed by atoms with van der Waals surface area (Å²) in [5.74, 6) is 0.0921. The second-order valence-electron chi connectivity index (χ2n) is 4.83. The lowest BCUT2D eigenvalue weighted by atomic mass is 10.2. The summed E-state index contributed by atoms with van der Waals surface area (Å²) < 4.78 is 6.74. The van der Waals surface area contributed by atoms with Gasteiger partial charge in [-0.05, 0) is 25.5 Å². The van der Waals surface area contributed by atoms with Crippen LogP contribution in [-0.2, 0) is 16.1 Å². The fraction of sp³-hybridized carbons (Fsp3) is 0.692. The van der Waals surface area contributed by atoms with Crippen molar-refractivity contribution in [1.29, 1.82) is 0 Å². The van der Waals surface area contributed by atoms with E-state index in [1.165, 1.54) is 6.42 Å². The molecule has 1 unspecified atom stereocenters.